The summed E-state index contributed by atoms with van der Waals surface area (Å²) < 4.78 is 18.8. The summed E-state index contributed by atoms with van der Waals surface area (Å²) >= 11 is 1.27. The Morgan fingerprint density at radius 1 is 1.26 bits per heavy atom. The second-order valence-electron chi connectivity index (χ2n) is 8.17. The topological polar surface area (TPSA) is 92.0 Å². The SMILES string of the molecule is CCOC(=O)C1=C(C)N=c2sc(=Cc3cccnc3)c(=O)n2C1c1ccc(OC(C)C)c(OC)c1. The number of aromatic nitrogens is 2. The molecule has 35 heavy (non-hydrogen) atoms. The Morgan fingerprint density at radius 2 is 2.06 bits per heavy atom. The molecule has 1 aliphatic rings. The van der Waals surface area contributed by atoms with Gasteiger partial charge in [-0.3, -0.25) is 14.3 Å². The average molecular weight is 494 g/mol. The molecule has 0 N–H and O–H groups in total. The molecule has 1 atom stereocenters. The first-order valence-electron chi connectivity index (χ1n) is 11.3. The standard InChI is InChI=1S/C26H27N3O5S/c1-6-33-25(31)22-16(4)28-26-29(24(30)21(35-26)12-17-8-7-11-27-14-17)23(22)18-9-10-19(34-15(2)3)20(13-18)32-5/h7-15,23H,6H2,1-5H3. The molecule has 2 aromatic heterocycles. The Bertz CT molecular complexity index is 1450. The summed E-state index contributed by atoms with van der Waals surface area (Å²) in [6.45, 7) is 7.56. The maximum atomic E-state index is 13.6. The highest BCUT2D eigenvalue weighted by atomic mass is 32.1. The number of ether oxygens (including phenoxy) is 3. The average Bonchev–Trinajstić information content (AvgIpc) is 3.13. The highest BCUT2D eigenvalue weighted by Gasteiger charge is 2.34. The van der Waals surface area contributed by atoms with Gasteiger partial charge in [0.2, 0.25) is 0 Å². The van der Waals surface area contributed by atoms with Crippen LogP contribution >= 0.6 is 11.3 Å². The van der Waals surface area contributed by atoms with Crippen LogP contribution in [0, 0.1) is 0 Å². The molecule has 1 aliphatic heterocycles. The Balaban J connectivity index is 1.94. The minimum atomic E-state index is -0.733. The predicted molar refractivity (Wildman–Crippen MR) is 133 cm³/mol. The number of pyridine rings is 1. The van der Waals surface area contributed by atoms with E-state index in [0.717, 1.165) is 5.56 Å². The van der Waals surface area contributed by atoms with Crippen LogP contribution in [0.15, 0.2) is 63.8 Å². The molecular weight excluding hydrogens is 466 g/mol. The van der Waals surface area contributed by atoms with Crippen LogP contribution < -0.4 is 24.4 Å². The van der Waals surface area contributed by atoms with E-state index < -0.39 is 12.0 Å². The monoisotopic (exact) mass is 493 g/mol. The van der Waals surface area contributed by atoms with E-state index in [-0.39, 0.29) is 18.3 Å². The fourth-order valence-electron chi connectivity index (χ4n) is 3.93. The number of hydrogen-bond donors (Lipinski definition) is 0. The first-order chi connectivity index (χ1) is 16.8. The maximum Gasteiger partial charge on any atom is 0.338 e. The molecule has 0 saturated heterocycles. The molecule has 0 aliphatic carbocycles. The van der Waals surface area contributed by atoms with Crippen molar-refractivity contribution >= 4 is 23.4 Å². The second kappa shape index (κ2) is 10.3. The molecule has 1 unspecified atom stereocenters. The molecule has 8 nitrogen and oxygen atoms in total. The summed E-state index contributed by atoms with van der Waals surface area (Å²) in [5, 5.41) is 0. The van der Waals surface area contributed by atoms with Crippen molar-refractivity contribution in [2.24, 2.45) is 4.99 Å². The van der Waals surface area contributed by atoms with Crippen molar-refractivity contribution in [3.8, 4) is 11.5 Å². The Labute approximate surface area is 206 Å². The fourth-order valence-corrected chi connectivity index (χ4v) is 4.97. The van der Waals surface area contributed by atoms with Crippen LogP contribution in [0.3, 0.4) is 0 Å². The third-order valence-corrected chi connectivity index (χ3v) is 6.35. The molecule has 1 aromatic carbocycles. The number of hydrogen-bond acceptors (Lipinski definition) is 8. The smallest absolute Gasteiger partial charge is 0.338 e. The van der Waals surface area contributed by atoms with E-state index in [4.69, 9.17) is 14.2 Å². The number of thiazole rings is 1. The van der Waals surface area contributed by atoms with E-state index >= 15 is 0 Å². The van der Waals surface area contributed by atoms with Crippen molar-refractivity contribution in [3.05, 3.63) is 84.8 Å². The van der Waals surface area contributed by atoms with E-state index in [1.807, 2.05) is 32.0 Å². The number of benzene rings is 1. The van der Waals surface area contributed by atoms with E-state index in [9.17, 15) is 9.59 Å². The molecule has 0 amide bonds. The van der Waals surface area contributed by atoms with E-state index in [2.05, 4.69) is 9.98 Å². The second-order valence-corrected chi connectivity index (χ2v) is 9.17. The Kier molecular flexibility index (Phi) is 7.16. The highest BCUT2D eigenvalue weighted by molar-refractivity contribution is 7.07. The molecule has 182 valence electrons. The first kappa shape index (κ1) is 24.4. The van der Waals surface area contributed by atoms with Gasteiger partial charge in [0.1, 0.15) is 0 Å². The molecule has 3 aromatic rings. The lowest BCUT2D eigenvalue weighted by Crippen LogP contribution is -2.40. The molecule has 4 rings (SSSR count). The molecule has 0 radical (unpaired) electrons. The number of nitrogens with zero attached hydrogens (tertiary/aromatic N) is 3. The van der Waals surface area contributed by atoms with Gasteiger partial charge in [-0.2, -0.15) is 0 Å². The third-order valence-electron chi connectivity index (χ3n) is 5.37. The summed E-state index contributed by atoms with van der Waals surface area (Å²) in [7, 11) is 1.55. The van der Waals surface area contributed by atoms with Crippen molar-refractivity contribution < 1.29 is 19.0 Å². The van der Waals surface area contributed by atoms with Gasteiger partial charge in [-0.15, -0.1) is 0 Å². The van der Waals surface area contributed by atoms with Crippen molar-refractivity contribution in [2.45, 2.75) is 39.8 Å². The van der Waals surface area contributed by atoms with Gasteiger partial charge in [0.05, 0.1) is 41.7 Å². The van der Waals surface area contributed by atoms with Crippen molar-refractivity contribution in [1.82, 2.24) is 9.55 Å². The lowest BCUT2D eigenvalue weighted by atomic mass is 9.95. The van der Waals surface area contributed by atoms with Crippen LogP contribution in [0.1, 0.15) is 44.9 Å². The van der Waals surface area contributed by atoms with Crippen molar-refractivity contribution in [1.29, 1.82) is 0 Å². The quantitative estimate of drug-likeness (QED) is 0.470. The summed E-state index contributed by atoms with van der Waals surface area (Å²) in [6.07, 6.45) is 5.09. The van der Waals surface area contributed by atoms with Gasteiger partial charge in [0.15, 0.2) is 16.3 Å². The van der Waals surface area contributed by atoms with Crippen LogP contribution in [0.25, 0.3) is 6.08 Å². The number of rotatable bonds is 7. The molecular formula is C26H27N3O5S. The Hall–Kier alpha value is -3.72. The highest BCUT2D eigenvalue weighted by Crippen LogP contribution is 2.36. The molecule has 0 fully saturated rings. The molecule has 3 heterocycles. The van der Waals surface area contributed by atoms with E-state index in [1.54, 1.807) is 56.1 Å². The fraction of sp³-hybridized carbons (Fsp3) is 0.308. The van der Waals surface area contributed by atoms with E-state index in [1.165, 1.54) is 11.3 Å². The van der Waals surface area contributed by atoms with Crippen LogP contribution in [-0.4, -0.2) is 35.3 Å². The van der Waals surface area contributed by atoms with Gasteiger partial charge in [0, 0.05) is 12.4 Å². The van der Waals surface area contributed by atoms with Gasteiger partial charge in [-0.05, 0) is 63.1 Å². The first-order valence-corrected chi connectivity index (χ1v) is 12.1. The summed E-state index contributed by atoms with van der Waals surface area (Å²) in [4.78, 5) is 35.9. The number of esters is 1. The number of methoxy groups -OCH3 is 1. The lowest BCUT2D eigenvalue weighted by Gasteiger charge is -2.25. The van der Waals surface area contributed by atoms with Crippen LogP contribution in [0.5, 0.6) is 11.5 Å². The number of allylic oxidation sites excluding steroid dienone is 1. The third kappa shape index (κ3) is 4.90. The number of carbonyl (C=O) groups is 1. The zero-order valence-corrected chi connectivity index (χ0v) is 21.1. The van der Waals surface area contributed by atoms with Crippen LogP contribution in [0.4, 0.5) is 0 Å². The van der Waals surface area contributed by atoms with Gasteiger partial charge >= 0.3 is 5.97 Å². The minimum absolute atomic E-state index is 0.0443. The number of fused-ring (bicyclic) bond motifs is 1. The van der Waals surface area contributed by atoms with E-state index in [0.29, 0.717) is 37.7 Å². The molecule has 0 saturated carbocycles. The summed E-state index contributed by atoms with van der Waals surface area (Å²) in [5.41, 5.74) is 2.05. The molecule has 9 heteroatoms. The molecule has 0 spiro atoms. The van der Waals surface area contributed by atoms with Crippen molar-refractivity contribution in [3.63, 3.8) is 0 Å². The Morgan fingerprint density at radius 3 is 2.71 bits per heavy atom. The zero-order chi connectivity index (χ0) is 25.1. The lowest BCUT2D eigenvalue weighted by molar-refractivity contribution is -0.139. The maximum absolute atomic E-state index is 13.6. The summed E-state index contributed by atoms with van der Waals surface area (Å²) in [6, 6.07) is 8.36. The molecule has 0 bridgehead atoms. The van der Waals surface area contributed by atoms with Crippen molar-refractivity contribution in [2.75, 3.05) is 13.7 Å². The van der Waals surface area contributed by atoms with Gasteiger partial charge in [-0.25, -0.2) is 9.79 Å². The number of carbonyl (C=O) groups excluding carboxylic acids is 1. The van der Waals surface area contributed by atoms with Crippen LogP contribution in [0.2, 0.25) is 0 Å². The minimum Gasteiger partial charge on any atom is -0.493 e. The normalized spacial score (nSPS) is 15.6. The van der Waals surface area contributed by atoms with Crippen LogP contribution in [-0.2, 0) is 9.53 Å². The largest absolute Gasteiger partial charge is 0.493 e. The summed E-state index contributed by atoms with van der Waals surface area (Å²) in [5.74, 6) is 0.571. The van der Waals surface area contributed by atoms with Gasteiger partial charge < -0.3 is 14.2 Å². The van der Waals surface area contributed by atoms with Gasteiger partial charge in [-0.1, -0.05) is 23.5 Å². The zero-order valence-electron chi connectivity index (χ0n) is 20.3. The van der Waals surface area contributed by atoms with Gasteiger partial charge in [0.25, 0.3) is 5.56 Å². The predicted octanol–water partition coefficient (Wildman–Crippen LogP) is 2.99.